The van der Waals surface area contributed by atoms with Crippen LogP contribution in [-0.2, 0) is 6.54 Å². The molecule has 3 aromatic rings. The van der Waals surface area contributed by atoms with Crippen LogP contribution in [0.2, 0.25) is 0 Å². The average Bonchev–Trinajstić information content (AvgIpc) is 3.11. The molecule has 0 saturated heterocycles. The van der Waals surface area contributed by atoms with Crippen LogP contribution in [0, 0.1) is 6.92 Å². The highest BCUT2D eigenvalue weighted by Gasteiger charge is 2.21. The van der Waals surface area contributed by atoms with Gasteiger partial charge in [0.25, 0.3) is 5.91 Å². The summed E-state index contributed by atoms with van der Waals surface area (Å²) < 4.78 is 5.44. The molecule has 0 radical (unpaired) electrons. The molecule has 0 aliphatic heterocycles. The molecule has 26 heavy (non-hydrogen) atoms. The van der Waals surface area contributed by atoms with Crippen LogP contribution >= 0.6 is 0 Å². The van der Waals surface area contributed by atoms with Crippen LogP contribution < -0.4 is 5.73 Å². The van der Waals surface area contributed by atoms with Gasteiger partial charge < -0.3 is 15.1 Å². The largest absolute Gasteiger partial charge is 0.443 e. The lowest BCUT2D eigenvalue weighted by Crippen LogP contribution is -2.27. The molecule has 6 heteroatoms. The molecule has 0 atom stereocenters. The molecule has 2 aromatic carbocycles. The van der Waals surface area contributed by atoms with E-state index in [1.807, 2.05) is 37.3 Å². The Balaban J connectivity index is 1.82. The third kappa shape index (κ3) is 3.64. The van der Waals surface area contributed by atoms with Gasteiger partial charge in [-0.3, -0.25) is 9.59 Å². The van der Waals surface area contributed by atoms with Crippen molar-refractivity contribution in [1.29, 1.82) is 0 Å². The number of hydrogen-bond acceptors (Lipinski definition) is 4. The van der Waals surface area contributed by atoms with Crippen LogP contribution in [0.1, 0.15) is 32.0 Å². The van der Waals surface area contributed by atoms with Crippen molar-refractivity contribution in [2.75, 3.05) is 7.05 Å². The first-order valence-corrected chi connectivity index (χ1v) is 8.10. The summed E-state index contributed by atoms with van der Waals surface area (Å²) in [4.78, 5) is 29.7. The third-order valence-electron chi connectivity index (χ3n) is 4.06. The van der Waals surface area contributed by atoms with Gasteiger partial charge in [-0.25, -0.2) is 4.98 Å². The van der Waals surface area contributed by atoms with Crippen molar-refractivity contribution >= 4 is 11.8 Å². The van der Waals surface area contributed by atoms with E-state index in [-0.39, 0.29) is 11.6 Å². The molecule has 0 fully saturated rings. The second kappa shape index (κ2) is 7.23. The number of rotatable bonds is 5. The molecule has 6 nitrogen and oxygen atoms in total. The predicted molar refractivity (Wildman–Crippen MR) is 97.4 cm³/mol. The highest BCUT2D eigenvalue weighted by atomic mass is 16.3. The van der Waals surface area contributed by atoms with Crippen molar-refractivity contribution < 1.29 is 14.0 Å². The number of nitrogens with two attached hydrogens (primary N) is 1. The first kappa shape index (κ1) is 17.4. The maximum atomic E-state index is 12.8. The summed E-state index contributed by atoms with van der Waals surface area (Å²) >= 11 is 0. The van der Waals surface area contributed by atoms with Gasteiger partial charge in [0.05, 0.1) is 0 Å². The maximum absolute atomic E-state index is 12.8. The van der Waals surface area contributed by atoms with Gasteiger partial charge >= 0.3 is 0 Å². The number of primary amides is 1. The average molecular weight is 349 g/mol. The molecule has 0 unspecified atom stereocenters. The summed E-state index contributed by atoms with van der Waals surface area (Å²) in [6, 6.07) is 14.6. The molecule has 3 rings (SSSR count). The van der Waals surface area contributed by atoms with Crippen molar-refractivity contribution in [2.45, 2.75) is 13.5 Å². The normalized spacial score (nSPS) is 10.5. The topological polar surface area (TPSA) is 89.4 Å². The number of amides is 2. The van der Waals surface area contributed by atoms with Gasteiger partial charge in [-0.15, -0.1) is 0 Å². The van der Waals surface area contributed by atoms with E-state index < -0.39 is 5.91 Å². The lowest BCUT2D eigenvalue weighted by atomic mass is 10.1. The maximum Gasteiger partial charge on any atom is 0.276 e. The number of oxazole rings is 1. The van der Waals surface area contributed by atoms with Crippen molar-refractivity contribution in [3.8, 4) is 11.3 Å². The van der Waals surface area contributed by atoms with Crippen molar-refractivity contribution in [2.24, 2.45) is 5.73 Å². The van der Waals surface area contributed by atoms with E-state index in [1.165, 1.54) is 11.3 Å². The smallest absolute Gasteiger partial charge is 0.276 e. The fraction of sp³-hybridized carbons (Fsp3) is 0.150. The number of nitrogens with zero attached hydrogens (tertiary/aromatic N) is 2. The van der Waals surface area contributed by atoms with Crippen LogP contribution in [0.5, 0.6) is 0 Å². The lowest BCUT2D eigenvalue weighted by Gasteiger charge is -2.17. The summed E-state index contributed by atoms with van der Waals surface area (Å²) in [6.07, 6.45) is 1.27. The van der Waals surface area contributed by atoms with E-state index in [9.17, 15) is 9.59 Å². The predicted octanol–water partition coefficient (Wildman–Crippen LogP) is 3.02. The van der Waals surface area contributed by atoms with Crippen molar-refractivity contribution in [1.82, 2.24) is 9.88 Å². The van der Waals surface area contributed by atoms with E-state index in [2.05, 4.69) is 4.98 Å². The number of benzene rings is 2. The Morgan fingerprint density at radius 3 is 2.58 bits per heavy atom. The Kier molecular flexibility index (Phi) is 4.84. The highest BCUT2D eigenvalue weighted by Crippen LogP contribution is 2.24. The molecule has 0 bridgehead atoms. The van der Waals surface area contributed by atoms with Gasteiger partial charge in [0.2, 0.25) is 5.91 Å². The van der Waals surface area contributed by atoms with Crippen molar-refractivity contribution in [3.05, 3.63) is 77.3 Å². The summed E-state index contributed by atoms with van der Waals surface area (Å²) in [5.74, 6) is -0.328. The third-order valence-corrected chi connectivity index (χ3v) is 4.06. The Morgan fingerprint density at radius 1 is 1.15 bits per heavy atom. The van der Waals surface area contributed by atoms with E-state index in [4.69, 9.17) is 10.2 Å². The summed E-state index contributed by atoms with van der Waals surface area (Å²) in [7, 11) is 1.67. The van der Waals surface area contributed by atoms with E-state index in [1.54, 1.807) is 25.2 Å². The van der Waals surface area contributed by atoms with Crippen LogP contribution in [0.4, 0.5) is 0 Å². The van der Waals surface area contributed by atoms with Gasteiger partial charge in [-0.1, -0.05) is 42.0 Å². The fourth-order valence-electron chi connectivity index (χ4n) is 2.66. The number of carbonyl (C=O) groups is 2. The number of aromatic nitrogens is 1. The fourth-order valence-corrected chi connectivity index (χ4v) is 2.66. The summed E-state index contributed by atoms with van der Waals surface area (Å²) in [5.41, 5.74) is 8.68. The summed E-state index contributed by atoms with van der Waals surface area (Å²) in [6.45, 7) is 2.31. The van der Waals surface area contributed by atoms with E-state index in [0.717, 1.165) is 16.7 Å². The van der Waals surface area contributed by atoms with E-state index >= 15 is 0 Å². The molecular weight excluding hydrogens is 330 g/mol. The molecule has 0 spiro atoms. The highest BCUT2D eigenvalue weighted by molar-refractivity contribution is 5.97. The molecule has 0 saturated carbocycles. The SMILES string of the molecule is Cc1ccc(-c2ocnc2C(=O)N(C)Cc2cccc(C(N)=O)c2)cc1. The van der Waals surface area contributed by atoms with Crippen molar-refractivity contribution in [3.63, 3.8) is 0 Å². The van der Waals surface area contributed by atoms with Gasteiger partial charge in [-0.05, 0) is 24.6 Å². The molecule has 2 N–H and O–H groups in total. The monoisotopic (exact) mass is 349 g/mol. The van der Waals surface area contributed by atoms with E-state index in [0.29, 0.717) is 17.9 Å². The first-order valence-electron chi connectivity index (χ1n) is 8.10. The van der Waals surface area contributed by atoms with Gasteiger partial charge in [0.15, 0.2) is 17.8 Å². The minimum atomic E-state index is -0.501. The van der Waals surface area contributed by atoms with Gasteiger partial charge in [-0.2, -0.15) is 0 Å². The minimum absolute atomic E-state index is 0.252. The molecule has 0 aliphatic carbocycles. The first-order chi connectivity index (χ1) is 12.5. The van der Waals surface area contributed by atoms with Gasteiger partial charge in [0, 0.05) is 24.7 Å². The molecular formula is C20H19N3O3. The van der Waals surface area contributed by atoms with Crippen LogP contribution in [0.3, 0.4) is 0 Å². The summed E-state index contributed by atoms with van der Waals surface area (Å²) in [5, 5.41) is 0. The standard InChI is InChI=1S/C20H19N3O3/c1-13-6-8-15(9-7-13)18-17(22-12-26-18)20(25)23(2)11-14-4-3-5-16(10-14)19(21)24/h3-10,12H,11H2,1-2H3,(H2,21,24). The van der Waals surface area contributed by atoms with Crippen LogP contribution in [0.15, 0.2) is 59.3 Å². The Morgan fingerprint density at radius 2 is 1.88 bits per heavy atom. The Labute approximate surface area is 151 Å². The minimum Gasteiger partial charge on any atom is -0.443 e. The zero-order chi connectivity index (χ0) is 18.7. The molecule has 132 valence electrons. The van der Waals surface area contributed by atoms with Crippen LogP contribution in [-0.4, -0.2) is 28.7 Å². The Bertz CT molecular complexity index is 945. The molecule has 1 aromatic heterocycles. The number of hydrogen-bond donors (Lipinski definition) is 1. The Hall–Kier alpha value is -3.41. The molecule has 0 aliphatic rings. The van der Waals surface area contributed by atoms with Gasteiger partial charge in [0.1, 0.15) is 0 Å². The second-order valence-corrected chi connectivity index (χ2v) is 6.12. The number of carbonyl (C=O) groups excluding carboxylic acids is 2. The zero-order valence-electron chi connectivity index (χ0n) is 14.6. The quantitative estimate of drug-likeness (QED) is 0.767. The van der Waals surface area contributed by atoms with Crippen LogP contribution in [0.25, 0.3) is 11.3 Å². The molecule has 1 heterocycles. The number of aryl methyl sites for hydroxylation is 1. The molecule has 2 amide bonds. The zero-order valence-corrected chi connectivity index (χ0v) is 14.6. The second-order valence-electron chi connectivity index (χ2n) is 6.12. The lowest BCUT2D eigenvalue weighted by molar-refractivity contribution is 0.0780.